The molecule has 1 amide bonds. The summed E-state index contributed by atoms with van der Waals surface area (Å²) in [5.74, 6) is -2.27. The van der Waals surface area contributed by atoms with Gasteiger partial charge < -0.3 is 15.5 Å². The van der Waals surface area contributed by atoms with Gasteiger partial charge in [-0.1, -0.05) is 0 Å². The van der Waals surface area contributed by atoms with Crippen molar-refractivity contribution in [1.29, 1.82) is 0 Å². The highest BCUT2D eigenvalue weighted by Crippen LogP contribution is 2.04. The molecular weight excluding hydrogens is 290 g/mol. The molecule has 1 atom stereocenters. The molecule has 0 spiro atoms. The Morgan fingerprint density at radius 1 is 1.45 bits per heavy atom. The third-order valence-electron chi connectivity index (χ3n) is 3.16. The quantitative estimate of drug-likeness (QED) is 0.704. The number of aromatic nitrogens is 2. The molecule has 0 aromatic carbocycles. The monoisotopic (exact) mass is 305 g/mol. The van der Waals surface area contributed by atoms with Crippen LogP contribution in [0, 0.1) is 6.92 Å². The van der Waals surface area contributed by atoms with Gasteiger partial charge in [0.25, 0.3) is 11.5 Å². The number of carboxylic acids is 1. The number of pyridine rings is 1. The van der Waals surface area contributed by atoms with Crippen LogP contribution in [-0.4, -0.2) is 43.6 Å². The van der Waals surface area contributed by atoms with Gasteiger partial charge in [-0.15, -0.1) is 0 Å². The highest BCUT2D eigenvalue weighted by molar-refractivity contribution is 5.94. The Morgan fingerprint density at radius 3 is 2.77 bits per heavy atom. The summed E-state index contributed by atoms with van der Waals surface area (Å²) in [6.45, 7) is 2.36. The fraction of sp³-hybridized carbons (Fsp3) is 0.286. The van der Waals surface area contributed by atoms with E-state index in [1.54, 1.807) is 12.1 Å². The molecule has 0 radical (unpaired) electrons. The first-order valence-corrected chi connectivity index (χ1v) is 6.44. The number of carbonyl (C=O) groups excluding carboxylic acids is 1. The standard InChI is InChI=1S/C14H15N3O5/c1-8-3-4-17-10(5-8)15-6-9(12(17)19)11(18)16-7-14(2,22)13(20)21/h3-6,22H,7H2,1-2H3,(H,16,18)(H,20,21). The van der Waals surface area contributed by atoms with Gasteiger partial charge in [0.2, 0.25) is 0 Å². The summed E-state index contributed by atoms with van der Waals surface area (Å²) in [7, 11) is 0. The molecule has 0 aliphatic rings. The molecule has 2 aromatic rings. The minimum atomic E-state index is -2.12. The van der Waals surface area contributed by atoms with E-state index in [2.05, 4.69) is 10.3 Å². The van der Waals surface area contributed by atoms with E-state index in [4.69, 9.17) is 5.11 Å². The van der Waals surface area contributed by atoms with Crippen LogP contribution in [0.4, 0.5) is 0 Å². The van der Waals surface area contributed by atoms with Crippen molar-refractivity contribution in [2.45, 2.75) is 19.4 Å². The normalized spacial score (nSPS) is 13.6. The summed E-state index contributed by atoms with van der Waals surface area (Å²) in [6, 6.07) is 3.39. The van der Waals surface area contributed by atoms with E-state index in [1.807, 2.05) is 6.92 Å². The van der Waals surface area contributed by atoms with Crippen molar-refractivity contribution in [1.82, 2.24) is 14.7 Å². The molecule has 8 heteroatoms. The predicted octanol–water partition coefficient (Wildman–Crippen LogP) is -0.432. The Morgan fingerprint density at radius 2 is 2.14 bits per heavy atom. The zero-order chi connectivity index (χ0) is 16.5. The second-order valence-electron chi connectivity index (χ2n) is 5.17. The molecule has 0 fully saturated rings. The zero-order valence-electron chi connectivity index (χ0n) is 12.0. The Labute approximate surface area is 125 Å². The molecule has 0 bridgehead atoms. The Kier molecular flexibility index (Phi) is 3.96. The van der Waals surface area contributed by atoms with E-state index in [0.29, 0.717) is 5.65 Å². The maximum atomic E-state index is 12.2. The first kappa shape index (κ1) is 15.6. The highest BCUT2D eigenvalue weighted by atomic mass is 16.4. The lowest BCUT2D eigenvalue weighted by atomic mass is 10.1. The SMILES string of the molecule is Cc1ccn2c(=O)c(C(=O)NCC(C)(O)C(=O)O)cnc2c1. The van der Waals surface area contributed by atoms with Gasteiger partial charge in [0, 0.05) is 12.4 Å². The molecule has 0 saturated heterocycles. The van der Waals surface area contributed by atoms with Crippen molar-refractivity contribution >= 4 is 17.5 Å². The lowest BCUT2D eigenvalue weighted by Gasteiger charge is -2.18. The predicted molar refractivity (Wildman–Crippen MR) is 76.8 cm³/mol. The largest absolute Gasteiger partial charge is 0.479 e. The van der Waals surface area contributed by atoms with Crippen molar-refractivity contribution in [2.75, 3.05) is 6.54 Å². The molecule has 0 saturated carbocycles. The van der Waals surface area contributed by atoms with E-state index < -0.39 is 29.6 Å². The van der Waals surface area contributed by atoms with Crippen LogP contribution in [0.5, 0.6) is 0 Å². The van der Waals surface area contributed by atoms with E-state index in [-0.39, 0.29) is 5.56 Å². The highest BCUT2D eigenvalue weighted by Gasteiger charge is 2.30. The Hall–Kier alpha value is -2.74. The number of amides is 1. The minimum Gasteiger partial charge on any atom is -0.479 e. The van der Waals surface area contributed by atoms with Crippen LogP contribution >= 0.6 is 0 Å². The van der Waals surface area contributed by atoms with E-state index in [1.165, 1.54) is 10.6 Å². The van der Waals surface area contributed by atoms with E-state index in [9.17, 15) is 19.5 Å². The van der Waals surface area contributed by atoms with Gasteiger partial charge in [0.15, 0.2) is 5.60 Å². The molecule has 2 rings (SSSR count). The minimum absolute atomic E-state index is 0.234. The molecule has 116 valence electrons. The van der Waals surface area contributed by atoms with Crippen LogP contribution in [0.3, 0.4) is 0 Å². The summed E-state index contributed by atoms with van der Waals surface area (Å²) in [5.41, 5.74) is -1.60. The average molecular weight is 305 g/mol. The number of hydrogen-bond donors (Lipinski definition) is 3. The maximum absolute atomic E-state index is 12.2. The lowest BCUT2D eigenvalue weighted by Crippen LogP contribution is -2.47. The third kappa shape index (κ3) is 2.96. The van der Waals surface area contributed by atoms with Gasteiger partial charge in [-0.3, -0.25) is 14.0 Å². The van der Waals surface area contributed by atoms with Gasteiger partial charge in [-0.2, -0.15) is 0 Å². The van der Waals surface area contributed by atoms with Gasteiger partial charge in [-0.25, -0.2) is 9.78 Å². The van der Waals surface area contributed by atoms with Crippen molar-refractivity contribution in [3.8, 4) is 0 Å². The molecule has 2 heterocycles. The van der Waals surface area contributed by atoms with Gasteiger partial charge in [0.1, 0.15) is 11.2 Å². The molecule has 22 heavy (non-hydrogen) atoms. The van der Waals surface area contributed by atoms with Gasteiger partial charge >= 0.3 is 5.97 Å². The molecule has 8 nitrogen and oxygen atoms in total. The number of carboxylic acid groups (broad SMARTS) is 1. The summed E-state index contributed by atoms with van der Waals surface area (Å²) in [6.07, 6.45) is 2.63. The van der Waals surface area contributed by atoms with Gasteiger partial charge in [0.05, 0.1) is 6.54 Å². The summed E-state index contributed by atoms with van der Waals surface area (Å²) < 4.78 is 1.22. The van der Waals surface area contributed by atoms with Crippen LogP contribution in [-0.2, 0) is 4.79 Å². The van der Waals surface area contributed by atoms with Crippen LogP contribution < -0.4 is 10.9 Å². The van der Waals surface area contributed by atoms with Crippen LogP contribution in [0.15, 0.2) is 29.3 Å². The van der Waals surface area contributed by atoms with E-state index >= 15 is 0 Å². The molecule has 1 unspecified atom stereocenters. The second-order valence-corrected chi connectivity index (χ2v) is 5.17. The first-order chi connectivity index (χ1) is 10.2. The molecule has 0 aliphatic carbocycles. The van der Waals surface area contributed by atoms with Crippen molar-refractivity contribution < 1.29 is 19.8 Å². The molecule has 3 N–H and O–H groups in total. The zero-order valence-corrected chi connectivity index (χ0v) is 12.0. The first-order valence-electron chi connectivity index (χ1n) is 6.44. The van der Waals surface area contributed by atoms with Crippen LogP contribution in [0.25, 0.3) is 5.65 Å². The number of nitrogens with one attached hydrogen (secondary N) is 1. The van der Waals surface area contributed by atoms with Crippen molar-refractivity contribution in [3.05, 3.63) is 46.0 Å². The molecule has 0 aliphatic heterocycles. The topological polar surface area (TPSA) is 121 Å². The average Bonchev–Trinajstić information content (AvgIpc) is 2.45. The fourth-order valence-electron chi connectivity index (χ4n) is 1.76. The van der Waals surface area contributed by atoms with Crippen molar-refractivity contribution in [3.63, 3.8) is 0 Å². The number of hydrogen-bond acceptors (Lipinski definition) is 5. The number of nitrogens with zero attached hydrogens (tertiary/aromatic N) is 2. The Balaban J connectivity index is 2.30. The van der Waals surface area contributed by atoms with Crippen LogP contribution in [0.1, 0.15) is 22.8 Å². The third-order valence-corrected chi connectivity index (χ3v) is 3.16. The molecular formula is C14H15N3O5. The number of rotatable bonds is 4. The second kappa shape index (κ2) is 5.57. The van der Waals surface area contributed by atoms with E-state index in [0.717, 1.165) is 18.7 Å². The number of aliphatic hydroxyl groups is 1. The smallest absolute Gasteiger partial charge is 0.337 e. The summed E-state index contributed by atoms with van der Waals surface area (Å²) >= 11 is 0. The fourth-order valence-corrected chi connectivity index (χ4v) is 1.76. The lowest BCUT2D eigenvalue weighted by molar-refractivity contribution is -0.155. The number of aryl methyl sites for hydroxylation is 1. The van der Waals surface area contributed by atoms with Crippen LogP contribution in [0.2, 0.25) is 0 Å². The Bertz CT molecular complexity index is 810. The maximum Gasteiger partial charge on any atom is 0.337 e. The summed E-state index contributed by atoms with van der Waals surface area (Å²) in [5, 5.41) is 20.5. The number of aliphatic carboxylic acids is 1. The number of fused-ring (bicyclic) bond motifs is 1. The number of carbonyl (C=O) groups is 2. The van der Waals surface area contributed by atoms with Crippen molar-refractivity contribution in [2.24, 2.45) is 0 Å². The molecule has 2 aromatic heterocycles. The van der Waals surface area contributed by atoms with Gasteiger partial charge in [-0.05, 0) is 31.5 Å². The summed E-state index contributed by atoms with van der Waals surface area (Å²) in [4.78, 5) is 39.0.